The van der Waals surface area contributed by atoms with Gasteiger partial charge in [-0.25, -0.2) is 9.59 Å². The summed E-state index contributed by atoms with van der Waals surface area (Å²) in [5, 5.41) is 18.7. The third-order valence-electron chi connectivity index (χ3n) is 3.94. The number of carbonyl (C=O) groups excluding carboxylic acids is 1. The third kappa shape index (κ3) is 3.37. The zero-order valence-corrected chi connectivity index (χ0v) is 11.1. The molecule has 0 bridgehead atoms. The highest BCUT2D eigenvalue weighted by molar-refractivity contribution is 5.83. The van der Waals surface area contributed by atoms with Gasteiger partial charge in [0.05, 0.1) is 6.10 Å². The molecule has 2 saturated heterocycles. The Labute approximate surface area is 113 Å². The van der Waals surface area contributed by atoms with Gasteiger partial charge in [0.2, 0.25) is 0 Å². The zero-order chi connectivity index (χ0) is 13.8. The van der Waals surface area contributed by atoms with Crippen molar-refractivity contribution < 1.29 is 19.8 Å². The molecule has 2 fully saturated rings. The molecule has 2 atom stereocenters. The SMILES string of the molecule is O=C(O)[C@@H]1CC(O)CN1C(=O)N1CCCCCCC1. The standard InChI is InChI=1S/C13H22N2O4/c16-10-8-11(12(17)18)15(9-10)13(19)14-6-4-2-1-3-5-7-14/h10-11,16H,1-9H2,(H,17,18)/t10?,11-/m0/s1. The fourth-order valence-corrected chi connectivity index (χ4v) is 2.88. The molecule has 0 aromatic carbocycles. The summed E-state index contributed by atoms with van der Waals surface area (Å²) in [5.74, 6) is -1.03. The highest BCUT2D eigenvalue weighted by Gasteiger charge is 2.40. The highest BCUT2D eigenvalue weighted by atomic mass is 16.4. The second-order valence-electron chi connectivity index (χ2n) is 5.43. The number of aliphatic carboxylic acids is 1. The van der Waals surface area contributed by atoms with Crippen LogP contribution in [0.15, 0.2) is 0 Å². The van der Waals surface area contributed by atoms with Crippen molar-refractivity contribution in [3.05, 3.63) is 0 Å². The van der Waals surface area contributed by atoms with E-state index in [9.17, 15) is 14.7 Å². The molecule has 2 aliphatic heterocycles. The predicted octanol–water partition coefficient (Wildman–Crippen LogP) is 0.892. The van der Waals surface area contributed by atoms with E-state index in [-0.39, 0.29) is 19.0 Å². The van der Waals surface area contributed by atoms with Crippen LogP contribution in [0.3, 0.4) is 0 Å². The minimum atomic E-state index is -1.03. The smallest absolute Gasteiger partial charge is 0.326 e. The molecule has 2 N–H and O–H groups in total. The minimum absolute atomic E-state index is 0.131. The van der Waals surface area contributed by atoms with Gasteiger partial charge in [0.1, 0.15) is 6.04 Å². The molecule has 0 spiro atoms. The number of likely N-dealkylation sites (tertiary alicyclic amines) is 2. The molecule has 2 heterocycles. The van der Waals surface area contributed by atoms with E-state index in [1.807, 2.05) is 0 Å². The topological polar surface area (TPSA) is 81.1 Å². The van der Waals surface area contributed by atoms with E-state index in [0.29, 0.717) is 13.1 Å². The number of aliphatic hydroxyl groups excluding tert-OH is 1. The Morgan fingerprint density at radius 2 is 1.58 bits per heavy atom. The Morgan fingerprint density at radius 1 is 1.00 bits per heavy atom. The first kappa shape index (κ1) is 14.1. The summed E-state index contributed by atoms with van der Waals surface area (Å²) in [7, 11) is 0. The molecule has 6 nitrogen and oxygen atoms in total. The number of aliphatic hydroxyl groups is 1. The minimum Gasteiger partial charge on any atom is -0.480 e. The van der Waals surface area contributed by atoms with Crippen molar-refractivity contribution in [2.45, 2.75) is 50.7 Å². The number of carbonyl (C=O) groups is 2. The number of carboxylic acids is 1. The lowest BCUT2D eigenvalue weighted by molar-refractivity contribution is -0.141. The van der Waals surface area contributed by atoms with E-state index in [1.165, 1.54) is 11.3 Å². The molecule has 6 heteroatoms. The summed E-state index contributed by atoms with van der Waals surface area (Å²) in [6.07, 6.45) is 4.81. The van der Waals surface area contributed by atoms with Crippen LogP contribution in [0.1, 0.15) is 38.5 Å². The Morgan fingerprint density at radius 3 is 2.16 bits per heavy atom. The van der Waals surface area contributed by atoms with Crippen LogP contribution in [-0.2, 0) is 4.79 Å². The maximum absolute atomic E-state index is 12.4. The van der Waals surface area contributed by atoms with Gasteiger partial charge < -0.3 is 20.0 Å². The van der Waals surface area contributed by atoms with Crippen LogP contribution in [-0.4, -0.2) is 63.8 Å². The molecule has 0 aromatic rings. The fourth-order valence-electron chi connectivity index (χ4n) is 2.88. The van der Waals surface area contributed by atoms with Crippen LogP contribution < -0.4 is 0 Å². The van der Waals surface area contributed by atoms with E-state index in [2.05, 4.69) is 0 Å². The number of β-amino-alcohol motifs (C(OH)–C–C–N with tert-alkyl or cyclic N) is 1. The molecule has 2 aliphatic rings. The van der Waals surface area contributed by atoms with E-state index < -0.39 is 18.1 Å². The highest BCUT2D eigenvalue weighted by Crippen LogP contribution is 2.21. The molecule has 0 radical (unpaired) electrons. The second kappa shape index (κ2) is 6.23. The van der Waals surface area contributed by atoms with Gasteiger partial charge in [-0.15, -0.1) is 0 Å². The van der Waals surface area contributed by atoms with Crippen molar-refractivity contribution in [1.82, 2.24) is 9.80 Å². The first-order chi connectivity index (χ1) is 9.09. The molecule has 19 heavy (non-hydrogen) atoms. The summed E-state index contributed by atoms with van der Waals surface area (Å²) < 4.78 is 0. The Bertz CT molecular complexity index is 340. The lowest BCUT2D eigenvalue weighted by Crippen LogP contribution is -2.49. The predicted molar refractivity (Wildman–Crippen MR) is 68.8 cm³/mol. The Hall–Kier alpha value is -1.30. The van der Waals surface area contributed by atoms with E-state index in [1.54, 1.807) is 4.90 Å². The average Bonchev–Trinajstić information content (AvgIpc) is 2.70. The molecule has 2 rings (SSSR count). The van der Waals surface area contributed by atoms with Crippen molar-refractivity contribution in [2.75, 3.05) is 19.6 Å². The molecule has 0 saturated carbocycles. The largest absolute Gasteiger partial charge is 0.480 e. The van der Waals surface area contributed by atoms with Crippen LogP contribution >= 0.6 is 0 Å². The maximum atomic E-state index is 12.4. The van der Waals surface area contributed by atoms with Crippen LogP contribution in [0.5, 0.6) is 0 Å². The zero-order valence-electron chi connectivity index (χ0n) is 11.1. The van der Waals surface area contributed by atoms with Gasteiger partial charge >= 0.3 is 12.0 Å². The average molecular weight is 270 g/mol. The summed E-state index contributed by atoms with van der Waals surface area (Å²) in [6.45, 7) is 1.52. The third-order valence-corrected chi connectivity index (χ3v) is 3.94. The molecule has 0 aliphatic carbocycles. The molecule has 108 valence electrons. The molecule has 2 amide bonds. The van der Waals surface area contributed by atoms with E-state index in [0.717, 1.165) is 25.7 Å². The Kier molecular flexibility index (Phi) is 4.63. The van der Waals surface area contributed by atoms with Gasteiger partial charge in [0, 0.05) is 26.1 Å². The van der Waals surface area contributed by atoms with Gasteiger partial charge in [-0.05, 0) is 12.8 Å². The monoisotopic (exact) mass is 270 g/mol. The van der Waals surface area contributed by atoms with Crippen LogP contribution in [0.25, 0.3) is 0 Å². The van der Waals surface area contributed by atoms with Crippen molar-refractivity contribution in [1.29, 1.82) is 0 Å². The quantitative estimate of drug-likeness (QED) is 0.741. The van der Waals surface area contributed by atoms with Gasteiger partial charge in [0.25, 0.3) is 0 Å². The lowest BCUT2D eigenvalue weighted by atomic mass is 10.1. The van der Waals surface area contributed by atoms with Crippen LogP contribution in [0.4, 0.5) is 4.79 Å². The number of hydrogen-bond donors (Lipinski definition) is 2. The normalized spacial score (nSPS) is 28.9. The summed E-state index contributed by atoms with van der Waals surface area (Å²) >= 11 is 0. The fraction of sp³-hybridized carbons (Fsp3) is 0.846. The van der Waals surface area contributed by atoms with Crippen molar-refractivity contribution in [3.63, 3.8) is 0 Å². The van der Waals surface area contributed by atoms with Crippen molar-refractivity contribution in [2.24, 2.45) is 0 Å². The number of hydrogen-bond acceptors (Lipinski definition) is 3. The van der Waals surface area contributed by atoms with Crippen LogP contribution in [0, 0.1) is 0 Å². The van der Waals surface area contributed by atoms with Gasteiger partial charge in [-0.2, -0.15) is 0 Å². The van der Waals surface area contributed by atoms with Gasteiger partial charge in [-0.3, -0.25) is 0 Å². The van der Waals surface area contributed by atoms with E-state index >= 15 is 0 Å². The number of urea groups is 1. The summed E-state index contributed by atoms with van der Waals surface area (Å²) in [5.41, 5.74) is 0. The van der Waals surface area contributed by atoms with E-state index in [4.69, 9.17) is 5.11 Å². The summed E-state index contributed by atoms with van der Waals surface area (Å²) in [4.78, 5) is 26.6. The summed E-state index contributed by atoms with van der Waals surface area (Å²) in [6, 6.07) is -1.11. The maximum Gasteiger partial charge on any atom is 0.326 e. The molecule has 1 unspecified atom stereocenters. The second-order valence-corrected chi connectivity index (χ2v) is 5.43. The van der Waals surface area contributed by atoms with Crippen molar-refractivity contribution >= 4 is 12.0 Å². The number of amides is 2. The first-order valence-corrected chi connectivity index (χ1v) is 7.06. The van der Waals surface area contributed by atoms with Gasteiger partial charge in [0.15, 0.2) is 0 Å². The molecule has 0 aromatic heterocycles. The molecular formula is C13H22N2O4. The lowest BCUT2D eigenvalue weighted by Gasteiger charge is -2.31. The van der Waals surface area contributed by atoms with Crippen molar-refractivity contribution in [3.8, 4) is 0 Å². The molecular weight excluding hydrogens is 248 g/mol. The van der Waals surface area contributed by atoms with Crippen LogP contribution in [0.2, 0.25) is 0 Å². The van der Waals surface area contributed by atoms with Gasteiger partial charge in [-0.1, -0.05) is 19.3 Å². The number of carboxylic acid groups (broad SMARTS) is 1. The first-order valence-electron chi connectivity index (χ1n) is 7.06. The number of rotatable bonds is 1. The Balaban J connectivity index is 2.02. The number of nitrogens with zero attached hydrogens (tertiary/aromatic N) is 2.